The first-order chi connectivity index (χ1) is 8.41. The van der Waals surface area contributed by atoms with Crippen molar-refractivity contribution >= 4 is 23.2 Å². The van der Waals surface area contributed by atoms with Crippen LogP contribution in [0.5, 0.6) is 0 Å². The van der Waals surface area contributed by atoms with E-state index in [1.807, 2.05) is 30.3 Å². The molecule has 0 aromatic heterocycles. The molecule has 0 radical (unpaired) electrons. The fraction of sp³-hybridized carbons (Fsp3) is 0.250. The Morgan fingerprint density at radius 3 is 2.00 bits per heavy atom. The molecule has 2 rings (SSSR count). The topological polar surface area (TPSA) is 0 Å². The molecule has 0 nitrogen and oxygen atoms in total. The van der Waals surface area contributed by atoms with Gasteiger partial charge < -0.3 is 0 Å². The van der Waals surface area contributed by atoms with Crippen molar-refractivity contribution in [3.8, 4) is 11.1 Å². The lowest BCUT2D eigenvalue weighted by atomic mass is 9.85. The van der Waals surface area contributed by atoms with Gasteiger partial charge in [0.15, 0.2) is 0 Å². The second kappa shape index (κ2) is 4.95. The van der Waals surface area contributed by atoms with E-state index < -0.39 is 0 Å². The fourth-order valence-corrected chi connectivity index (χ4v) is 3.13. The summed E-state index contributed by atoms with van der Waals surface area (Å²) in [5.41, 5.74) is 3.09. The molecule has 94 valence electrons. The molecule has 0 fully saturated rings. The Balaban J connectivity index is 2.66. The predicted molar refractivity (Wildman–Crippen MR) is 80.6 cm³/mol. The number of rotatable bonds is 1. The van der Waals surface area contributed by atoms with Crippen molar-refractivity contribution in [3.63, 3.8) is 0 Å². The second-order valence-electron chi connectivity index (χ2n) is 5.40. The standard InChI is InChI=1S/C16H16Cl2/c1-16(2,3)14-13(17)10-9-12(15(14)18)11-7-5-4-6-8-11/h4-10H,1-3H3. The third kappa shape index (κ3) is 2.55. The van der Waals surface area contributed by atoms with E-state index >= 15 is 0 Å². The van der Waals surface area contributed by atoms with Gasteiger partial charge in [0.05, 0.1) is 5.02 Å². The maximum absolute atomic E-state index is 6.55. The molecule has 18 heavy (non-hydrogen) atoms. The minimum atomic E-state index is -0.0705. The van der Waals surface area contributed by atoms with Gasteiger partial charge in [0.1, 0.15) is 0 Å². The maximum atomic E-state index is 6.55. The molecule has 0 heterocycles. The van der Waals surface area contributed by atoms with Crippen LogP contribution in [0.2, 0.25) is 10.0 Å². The van der Waals surface area contributed by atoms with E-state index in [2.05, 4.69) is 32.9 Å². The summed E-state index contributed by atoms with van der Waals surface area (Å²) in [7, 11) is 0. The van der Waals surface area contributed by atoms with Gasteiger partial charge in [-0.05, 0) is 22.6 Å². The normalized spacial score (nSPS) is 11.6. The highest BCUT2D eigenvalue weighted by Crippen LogP contribution is 2.40. The van der Waals surface area contributed by atoms with Crippen LogP contribution < -0.4 is 0 Å². The SMILES string of the molecule is CC(C)(C)c1c(Cl)ccc(-c2ccccc2)c1Cl. The molecule has 0 aliphatic rings. The molecule has 0 amide bonds. The van der Waals surface area contributed by atoms with Crippen molar-refractivity contribution < 1.29 is 0 Å². The monoisotopic (exact) mass is 278 g/mol. The van der Waals surface area contributed by atoms with Crippen LogP contribution in [0, 0.1) is 0 Å². The number of hydrogen-bond acceptors (Lipinski definition) is 0. The molecule has 0 atom stereocenters. The minimum absolute atomic E-state index is 0.0705. The van der Waals surface area contributed by atoms with Gasteiger partial charge in [-0.25, -0.2) is 0 Å². The third-order valence-corrected chi connectivity index (χ3v) is 3.63. The van der Waals surface area contributed by atoms with E-state index in [1.54, 1.807) is 0 Å². The summed E-state index contributed by atoms with van der Waals surface area (Å²) < 4.78 is 0. The van der Waals surface area contributed by atoms with Gasteiger partial charge in [-0.3, -0.25) is 0 Å². The van der Waals surface area contributed by atoms with Crippen LogP contribution in [-0.4, -0.2) is 0 Å². The molecule has 0 spiro atoms. The minimum Gasteiger partial charge on any atom is -0.0840 e. The first-order valence-electron chi connectivity index (χ1n) is 5.95. The molecule has 0 bridgehead atoms. The summed E-state index contributed by atoms with van der Waals surface area (Å²) in [6, 6.07) is 14.0. The molecule has 2 aromatic carbocycles. The molecule has 0 saturated heterocycles. The Kier molecular flexibility index (Phi) is 3.70. The molecule has 0 aliphatic carbocycles. The Hall–Kier alpha value is -0.980. The van der Waals surface area contributed by atoms with Crippen molar-refractivity contribution in [1.29, 1.82) is 0 Å². The van der Waals surface area contributed by atoms with E-state index in [0.29, 0.717) is 0 Å². The summed E-state index contributed by atoms with van der Waals surface area (Å²) in [4.78, 5) is 0. The van der Waals surface area contributed by atoms with E-state index in [9.17, 15) is 0 Å². The van der Waals surface area contributed by atoms with Crippen molar-refractivity contribution in [1.82, 2.24) is 0 Å². The zero-order chi connectivity index (χ0) is 13.3. The summed E-state index contributed by atoms with van der Waals surface area (Å²) in [5, 5.41) is 1.48. The zero-order valence-electron chi connectivity index (χ0n) is 10.8. The molecular weight excluding hydrogens is 263 g/mol. The van der Waals surface area contributed by atoms with E-state index in [1.165, 1.54) is 0 Å². The zero-order valence-corrected chi connectivity index (χ0v) is 12.3. The summed E-state index contributed by atoms with van der Waals surface area (Å²) in [5.74, 6) is 0. The predicted octanol–water partition coefficient (Wildman–Crippen LogP) is 5.96. The van der Waals surface area contributed by atoms with E-state index in [0.717, 1.165) is 26.7 Å². The van der Waals surface area contributed by atoms with E-state index in [4.69, 9.17) is 23.2 Å². The van der Waals surface area contributed by atoms with Gasteiger partial charge in [-0.2, -0.15) is 0 Å². The van der Waals surface area contributed by atoms with Gasteiger partial charge in [-0.1, -0.05) is 80.4 Å². The van der Waals surface area contributed by atoms with Gasteiger partial charge in [-0.15, -0.1) is 0 Å². The van der Waals surface area contributed by atoms with Crippen LogP contribution >= 0.6 is 23.2 Å². The average molecular weight is 279 g/mol. The second-order valence-corrected chi connectivity index (χ2v) is 6.19. The molecule has 0 aliphatic heterocycles. The van der Waals surface area contributed by atoms with Crippen LogP contribution in [0.3, 0.4) is 0 Å². The van der Waals surface area contributed by atoms with Crippen LogP contribution in [0.15, 0.2) is 42.5 Å². The summed E-state index contributed by atoms with van der Waals surface area (Å²) >= 11 is 12.8. The van der Waals surface area contributed by atoms with Gasteiger partial charge in [0, 0.05) is 10.6 Å². The summed E-state index contributed by atoms with van der Waals surface area (Å²) in [6.45, 7) is 6.36. The van der Waals surface area contributed by atoms with E-state index in [-0.39, 0.29) is 5.41 Å². The molecule has 2 aromatic rings. The average Bonchev–Trinajstić information content (AvgIpc) is 2.28. The first kappa shape index (κ1) is 13.5. The Bertz CT molecular complexity index is 551. The maximum Gasteiger partial charge on any atom is 0.0536 e. The lowest BCUT2D eigenvalue weighted by Gasteiger charge is -2.23. The molecule has 0 N–H and O–H groups in total. The van der Waals surface area contributed by atoms with Gasteiger partial charge >= 0.3 is 0 Å². The van der Waals surface area contributed by atoms with Crippen LogP contribution in [0.4, 0.5) is 0 Å². The van der Waals surface area contributed by atoms with Crippen molar-refractivity contribution in [2.45, 2.75) is 26.2 Å². The largest absolute Gasteiger partial charge is 0.0840 e. The lowest BCUT2D eigenvalue weighted by Crippen LogP contribution is -2.13. The Morgan fingerprint density at radius 2 is 1.44 bits per heavy atom. The fourth-order valence-electron chi connectivity index (χ4n) is 2.08. The number of halogens is 2. The summed E-state index contributed by atoms with van der Waals surface area (Å²) in [6.07, 6.45) is 0. The van der Waals surface area contributed by atoms with Crippen molar-refractivity contribution in [2.75, 3.05) is 0 Å². The number of benzene rings is 2. The van der Waals surface area contributed by atoms with Gasteiger partial charge in [0.2, 0.25) is 0 Å². The van der Waals surface area contributed by atoms with Crippen LogP contribution in [0.1, 0.15) is 26.3 Å². The highest BCUT2D eigenvalue weighted by molar-refractivity contribution is 6.38. The molecule has 2 heteroatoms. The Morgan fingerprint density at radius 1 is 0.833 bits per heavy atom. The van der Waals surface area contributed by atoms with Gasteiger partial charge in [0.25, 0.3) is 0 Å². The third-order valence-electron chi connectivity index (χ3n) is 2.93. The smallest absolute Gasteiger partial charge is 0.0536 e. The van der Waals surface area contributed by atoms with Crippen molar-refractivity contribution in [2.24, 2.45) is 0 Å². The molecule has 0 saturated carbocycles. The molecule has 0 unspecified atom stereocenters. The molecular formula is C16H16Cl2. The highest BCUT2D eigenvalue weighted by Gasteiger charge is 2.23. The lowest BCUT2D eigenvalue weighted by molar-refractivity contribution is 0.591. The number of hydrogen-bond donors (Lipinski definition) is 0. The van der Waals surface area contributed by atoms with Crippen LogP contribution in [0.25, 0.3) is 11.1 Å². The quantitative estimate of drug-likeness (QED) is 0.604. The van der Waals surface area contributed by atoms with Crippen LogP contribution in [-0.2, 0) is 5.41 Å². The van der Waals surface area contributed by atoms with Crippen molar-refractivity contribution in [3.05, 3.63) is 58.1 Å². The Labute approximate surface area is 119 Å². The first-order valence-corrected chi connectivity index (χ1v) is 6.71. The highest BCUT2D eigenvalue weighted by atomic mass is 35.5.